The molecule has 0 bridgehead atoms. The molecule has 0 saturated carbocycles. The minimum Gasteiger partial charge on any atom is -0.306 e. The maximum atomic E-state index is 12.9. The Balaban J connectivity index is 1.95. The molecule has 0 spiro atoms. The number of pyridine rings is 2. The molecule has 3 nitrogen and oxygen atoms in total. The van der Waals surface area contributed by atoms with Crippen molar-refractivity contribution in [2.45, 2.75) is 19.5 Å². The fourth-order valence-electron chi connectivity index (χ4n) is 1.59. The summed E-state index contributed by atoms with van der Waals surface area (Å²) in [4.78, 5) is 7.78. The molecule has 17 heavy (non-hydrogen) atoms. The van der Waals surface area contributed by atoms with Crippen molar-refractivity contribution in [3.05, 3.63) is 59.9 Å². The fourth-order valence-corrected chi connectivity index (χ4v) is 1.59. The molecule has 2 aromatic rings. The molecule has 1 N–H and O–H groups in total. The lowest BCUT2D eigenvalue weighted by molar-refractivity contribution is 0.566. The first-order valence-electron chi connectivity index (χ1n) is 5.48. The molecule has 0 amide bonds. The van der Waals surface area contributed by atoms with Gasteiger partial charge in [0.05, 0.1) is 6.20 Å². The number of aromatic nitrogens is 2. The number of halogens is 1. The molecule has 1 atom stereocenters. The van der Waals surface area contributed by atoms with Crippen LogP contribution >= 0.6 is 0 Å². The predicted octanol–water partition coefficient (Wildman–Crippen LogP) is 2.47. The molecule has 2 rings (SSSR count). The molecule has 2 heterocycles. The zero-order valence-corrected chi connectivity index (χ0v) is 9.60. The number of nitrogens with zero attached hydrogens (tertiary/aromatic N) is 2. The van der Waals surface area contributed by atoms with E-state index < -0.39 is 0 Å². The molecule has 0 aromatic carbocycles. The highest BCUT2D eigenvalue weighted by Gasteiger charge is 2.04. The molecule has 0 aliphatic rings. The molecule has 0 saturated heterocycles. The predicted molar refractivity (Wildman–Crippen MR) is 63.7 cm³/mol. The van der Waals surface area contributed by atoms with Crippen molar-refractivity contribution in [1.82, 2.24) is 15.3 Å². The first kappa shape index (κ1) is 11.7. The van der Waals surface area contributed by atoms with Crippen LogP contribution in [0.4, 0.5) is 4.39 Å². The van der Waals surface area contributed by atoms with Crippen molar-refractivity contribution < 1.29 is 4.39 Å². The van der Waals surface area contributed by atoms with Gasteiger partial charge in [0.1, 0.15) is 5.82 Å². The Kier molecular flexibility index (Phi) is 3.77. The maximum absolute atomic E-state index is 12.9. The van der Waals surface area contributed by atoms with E-state index >= 15 is 0 Å². The Morgan fingerprint density at radius 2 is 2.00 bits per heavy atom. The largest absolute Gasteiger partial charge is 0.306 e. The topological polar surface area (TPSA) is 37.8 Å². The van der Waals surface area contributed by atoms with E-state index in [1.165, 1.54) is 12.3 Å². The zero-order valence-electron chi connectivity index (χ0n) is 9.60. The highest BCUT2D eigenvalue weighted by molar-refractivity contribution is 5.15. The number of rotatable bonds is 4. The van der Waals surface area contributed by atoms with Crippen LogP contribution in [0, 0.1) is 5.82 Å². The van der Waals surface area contributed by atoms with Gasteiger partial charge in [0.2, 0.25) is 0 Å². The summed E-state index contributed by atoms with van der Waals surface area (Å²) in [6.07, 6.45) is 6.39. The van der Waals surface area contributed by atoms with Gasteiger partial charge in [0.15, 0.2) is 0 Å². The highest BCUT2D eigenvalue weighted by atomic mass is 19.1. The minimum absolute atomic E-state index is 0.196. The number of hydrogen-bond acceptors (Lipinski definition) is 3. The number of hydrogen-bond donors (Lipinski definition) is 1. The smallest absolute Gasteiger partial charge is 0.141 e. The standard InChI is InChI=1S/C13H14FN3/c1-10(12-2-4-15-5-3-12)17-8-11-6-13(14)9-16-7-11/h2-7,9-10,17H,8H2,1H3. The van der Waals surface area contributed by atoms with Gasteiger partial charge in [-0.05, 0) is 36.2 Å². The van der Waals surface area contributed by atoms with Gasteiger partial charge >= 0.3 is 0 Å². The number of nitrogens with one attached hydrogen (secondary N) is 1. The van der Waals surface area contributed by atoms with Crippen LogP contribution in [0.15, 0.2) is 43.0 Å². The Morgan fingerprint density at radius 1 is 1.24 bits per heavy atom. The molecule has 0 aliphatic heterocycles. The third-order valence-electron chi connectivity index (χ3n) is 2.58. The SMILES string of the molecule is CC(NCc1cncc(F)c1)c1ccncc1. The van der Waals surface area contributed by atoms with Gasteiger partial charge < -0.3 is 5.32 Å². The van der Waals surface area contributed by atoms with Gasteiger partial charge in [-0.25, -0.2) is 4.39 Å². The van der Waals surface area contributed by atoms with E-state index in [1.807, 2.05) is 12.1 Å². The van der Waals surface area contributed by atoms with Gasteiger partial charge in [-0.1, -0.05) is 0 Å². The molecular weight excluding hydrogens is 217 g/mol. The monoisotopic (exact) mass is 231 g/mol. The first-order chi connectivity index (χ1) is 8.25. The van der Waals surface area contributed by atoms with Gasteiger partial charge in [0, 0.05) is 31.2 Å². The van der Waals surface area contributed by atoms with Crippen molar-refractivity contribution in [2.75, 3.05) is 0 Å². The second-order valence-electron chi connectivity index (χ2n) is 3.89. The van der Waals surface area contributed by atoms with E-state index in [-0.39, 0.29) is 11.9 Å². The summed E-state index contributed by atoms with van der Waals surface area (Å²) in [6, 6.07) is 5.60. The molecule has 4 heteroatoms. The molecule has 1 unspecified atom stereocenters. The first-order valence-corrected chi connectivity index (χ1v) is 5.48. The second-order valence-corrected chi connectivity index (χ2v) is 3.89. The normalized spacial score (nSPS) is 12.4. The molecule has 0 fully saturated rings. The average molecular weight is 231 g/mol. The quantitative estimate of drug-likeness (QED) is 0.878. The minimum atomic E-state index is -0.305. The highest BCUT2D eigenvalue weighted by Crippen LogP contribution is 2.11. The lowest BCUT2D eigenvalue weighted by atomic mass is 10.1. The summed E-state index contributed by atoms with van der Waals surface area (Å²) in [6.45, 7) is 2.65. The summed E-state index contributed by atoms with van der Waals surface area (Å²) < 4.78 is 12.9. The third-order valence-corrected chi connectivity index (χ3v) is 2.58. The van der Waals surface area contributed by atoms with Gasteiger partial charge in [-0.3, -0.25) is 9.97 Å². The Labute approximate surface area is 99.7 Å². The van der Waals surface area contributed by atoms with E-state index in [2.05, 4.69) is 22.2 Å². The van der Waals surface area contributed by atoms with Crippen LogP contribution in [0.1, 0.15) is 24.1 Å². The van der Waals surface area contributed by atoms with Crippen LogP contribution in [0.2, 0.25) is 0 Å². The summed E-state index contributed by atoms with van der Waals surface area (Å²) >= 11 is 0. The fraction of sp³-hybridized carbons (Fsp3) is 0.231. The summed E-state index contributed by atoms with van der Waals surface area (Å²) in [5.41, 5.74) is 2.00. The Hall–Kier alpha value is -1.81. The summed E-state index contributed by atoms with van der Waals surface area (Å²) in [5, 5.41) is 3.31. The van der Waals surface area contributed by atoms with E-state index in [4.69, 9.17) is 0 Å². The lowest BCUT2D eigenvalue weighted by Gasteiger charge is -2.13. The Bertz CT molecular complexity index is 473. The van der Waals surface area contributed by atoms with Crippen molar-refractivity contribution in [2.24, 2.45) is 0 Å². The second kappa shape index (κ2) is 5.50. The molecule has 0 radical (unpaired) electrons. The maximum Gasteiger partial charge on any atom is 0.141 e. The van der Waals surface area contributed by atoms with Gasteiger partial charge in [-0.15, -0.1) is 0 Å². The van der Waals surface area contributed by atoms with Gasteiger partial charge in [-0.2, -0.15) is 0 Å². The van der Waals surface area contributed by atoms with Crippen molar-refractivity contribution >= 4 is 0 Å². The summed E-state index contributed by atoms with van der Waals surface area (Å²) in [7, 11) is 0. The zero-order chi connectivity index (χ0) is 12.1. The van der Waals surface area contributed by atoms with Crippen LogP contribution in [0.25, 0.3) is 0 Å². The average Bonchev–Trinajstić information content (AvgIpc) is 2.37. The molecule has 2 aromatic heterocycles. The Morgan fingerprint density at radius 3 is 2.71 bits per heavy atom. The van der Waals surface area contributed by atoms with E-state index in [1.54, 1.807) is 18.6 Å². The van der Waals surface area contributed by atoms with E-state index in [0.717, 1.165) is 11.1 Å². The molecule has 88 valence electrons. The van der Waals surface area contributed by atoms with Crippen LogP contribution in [-0.2, 0) is 6.54 Å². The van der Waals surface area contributed by atoms with Crippen molar-refractivity contribution in [3.63, 3.8) is 0 Å². The van der Waals surface area contributed by atoms with Crippen LogP contribution in [-0.4, -0.2) is 9.97 Å². The molecule has 0 aliphatic carbocycles. The molecular formula is C13H14FN3. The summed E-state index contributed by atoms with van der Waals surface area (Å²) in [5.74, 6) is -0.305. The van der Waals surface area contributed by atoms with Crippen LogP contribution < -0.4 is 5.32 Å². The van der Waals surface area contributed by atoms with Crippen molar-refractivity contribution in [3.8, 4) is 0 Å². The van der Waals surface area contributed by atoms with E-state index in [0.29, 0.717) is 6.54 Å². The van der Waals surface area contributed by atoms with Crippen molar-refractivity contribution in [1.29, 1.82) is 0 Å². The lowest BCUT2D eigenvalue weighted by Crippen LogP contribution is -2.18. The van der Waals surface area contributed by atoms with Gasteiger partial charge in [0.25, 0.3) is 0 Å². The van der Waals surface area contributed by atoms with Crippen LogP contribution in [0.5, 0.6) is 0 Å². The van der Waals surface area contributed by atoms with Crippen LogP contribution in [0.3, 0.4) is 0 Å². The third kappa shape index (κ3) is 3.32. The van der Waals surface area contributed by atoms with E-state index in [9.17, 15) is 4.39 Å².